The van der Waals surface area contributed by atoms with Crippen LogP contribution in [-0.2, 0) is 11.3 Å². The van der Waals surface area contributed by atoms with Gasteiger partial charge in [-0.25, -0.2) is 0 Å². The van der Waals surface area contributed by atoms with Crippen molar-refractivity contribution < 1.29 is 14.3 Å². The number of carbonyl (C=O) groups excluding carboxylic acids is 1. The van der Waals surface area contributed by atoms with Crippen LogP contribution in [0.1, 0.15) is 39.2 Å². The summed E-state index contributed by atoms with van der Waals surface area (Å²) in [6, 6.07) is 6.29. The van der Waals surface area contributed by atoms with E-state index in [2.05, 4.69) is 35.8 Å². The first-order valence-corrected chi connectivity index (χ1v) is 11.2. The van der Waals surface area contributed by atoms with E-state index in [1.165, 1.54) is 5.56 Å². The highest BCUT2D eigenvalue weighted by Gasteiger charge is 2.23. The summed E-state index contributed by atoms with van der Waals surface area (Å²) in [6.45, 7) is 14.9. The highest BCUT2D eigenvalue weighted by molar-refractivity contribution is 5.78. The maximum atomic E-state index is 12.4. The number of nitrogens with zero attached hydrogens (tertiary/aromatic N) is 3. The fraction of sp³-hybridized carbons (Fsp3) is 0.696. The second-order valence-corrected chi connectivity index (χ2v) is 8.56. The van der Waals surface area contributed by atoms with Crippen molar-refractivity contribution in [1.82, 2.24) is 14.7 Å². The van der Waals surface area contributed by atoms with Crippen molar-refractivity contribution >= 4 is 5.91 Å². The molecule has 0 unspecified atom stereocenters. The van der Waals surface area contributed by atoms with Crippen molar-refractivity contribution in [2.24, 2.45) is 5.92 Å². The normalized spacial score (nSPS) is 18.4. The first kappa shape index (κ1) is 21.9. The minimum atomic E-state index is 0.300. The summed E-state index contributed by atoms with van der Waals surface area (Å²) < 4.78 is 11.7. The topological polar surface area (TPSA) is 45.2 Å². The van der Waals surface area contributed by atoms with Gasteiger partial charge < -0.3 is 14.4 Å². The molecule has 2 aliphatic rings. The van der Waals surface area contributed by atoms with Crippen LogP contribution in [0.5, 0.6) is 11.5 Å². The minimum Gasteiger partial charge on any atom is -0.490 e. The van der Waals surface area contributed by atoms with Crippen LogP contribution in [-0.4, -0.2) is 79.6 Å². The average Bonchev–Trinajstić information content (AvgIpc) is 3.24. The Labute approximate surface area is 175 Å². The summed E-state index contributed by atoms with van der Waals surface area (Å²) in [6.07, 6.45) is 2.31. The summed E-state index contributed by atoms with van der Waals surface area (Å²) in [5, 5.41) is 0. The van der Waals surface area contributed by atoms with E-state index in [-0.39, 0.29) is 0 Å². The molecule has 0 bridgehead atoms. The van der Waals surface area contributed by atoms with Gasteiger partial charge in [-0.05, 0) is 43.4 Å². The van der Waals surface area contributed by atoms with E-state index in [1.807, 2.05) is 17.9 Å². The first-order chi connectivity index (χ1) is 14.0. The van der Waals surface area contributed by atoms with Crippen LogP contribution in [0.4, 0.5) is 0 Å². The maximum Gasteiger partial charge on any atom is 0.236 e. The number of ether oxygens (including phenoxy) is 2. The molecule has 162 valence electrons. The smallest absolute Gasteiger partial charge is 0.236 e. The third-order valence-corrected chi connectivity index (χ3v) is 5.57. The molecule has 0 N–H and O–H groups in total. The van der Waals surface area contributed by atoms with E-state index in [0.29, 0.717) is 31.6 Å². The summed E-state index contributed by atoms with van der Waals surface area (Å²) >= 11 is 0. The molecule has 3 rings (SSSR count). The van der Waals surface area contributed by atoms with Crippen LogP contribution in [0, 0.1) is 5.92 Å². The van der Waals surface area contributed by atoms with E-state index in [4.69, 9.17) is 9.47 Å². The van der Waals surface area contributed by atoms with E-state index >= 15 is 0 Å². The first-order valence-electron chi connectivity index (χ1n) is 11.2. The quantitative estimate of drug-likeness (QED) is 0.634. The van der Waals surface area contributed by atoms with Gasteiger partial charge in [0.05, 0.1) is 19.8 Å². The Balaban J connectivity index is 1.49. The summed E-state index contributed by atoms with van der Waals surface area (Å²) in [4.78, 5) is 19.1. The zero-order valence-electron chi connectivity index (χ0n) is 18.4. The molecule has 1 aromatic rings. The van der Waals surface area contributed by atoms with Gasteiger partial charge in [-0.3, -0.25) is 14.6 Å². The molecule has 2 fully saturated rings. The minimum absolute atomic E-state index is 0.300. The van der Waals surface area contributed by atoms with E-state index in [9.17, 15) is 4.79 Å². The fourth-order valence-corrected chi connectivity index (χ4v) is 3.92. The summed E-state index contributed by atoms with van der Waals surface area (Å²) in [5.74, 6) is 2.45. The Morgan fingerprint density at radius 2 is 1.66 bits per heavy atom. The SMILES string of the molecule is CCOc1cc(CN2CCN(CC(=O)N3CCCC3)CC2)ccc1OCC(C)C. The molecule has 0 atom stereocenters. The Morgan fingerprint density at radius 1 is 0.966 bits per heavy atom. The number of hydrogen-bond donors (Lipinski definition) is 0. The molecule has 0 aromatic heterocycles. The molecule has 6 heteroatoms. The number of amides is 1. The molecule has 0 aliphatic carbocycles. The number of piperazine rings is 1. The van der Waals surface area contributed by atoms with Gasteiger partial charge in [0.2, 0.25) is 5.91 Å². The molecule has 2 heterocycles. The number of carbonyl (C=O) groups is 1. The van der Waals surface area contributed by atoms with Crippen LogP contribution in [0.15, 0.2) is 18.2 Å². The molecule has 0 spiro atoms. The van der Waals surface area contributed by atoms with Crippen molar-refractivity contribution in [3.63, 3.8) is 0 Å². The van der Waals surface area contributed by atoms with Gasteiger partial charge in [0.25, 0.3) is 0 Å². The van der Waals surface area contributed by atoms with Gasteiger partial charge in [0.1, 0.15) is 0 Å². The molecule has 0 saturated carbocycles. The average molecular weight is 404 g/mol. The van der Waals surface area contributed by atoms with Gasteiger partial charge in [0.15, 0.2) is 11.5 Å². The summed E-state index contributed by atoms with van der Waals surface area (Å²) in [7, 11) is 0. The number of rotatable bonds is 9. The van der Waals surface area contributed by atoms with Crippen molar-refractivity contribution in [3.05, 3.63) is 23.8 Å². The molecule has 1 amide bonds. The third-order valence-electron chi connectivity index (χ3n) is 5.57. The lowest BCUT2D eigenvalue weighted by molar-refractivity contribution is -0.131. The highest BCUT2D eigenvalue weighted by atomic mass is 16.5. The van der Waals surface area contributed by atoms with Gasteiger partial charge in [0, 0.05) is 45.8 Å². The van der Waals surface area contributed by atoms with Crippen LogP contribution in [0.2, 0.25) is 0 Å². The van der Waals surface area contributed by atoms with Gasteiger partial charge in [-0.2, -0.15) is 0 Å². The Bertz CT molecular complexity index is 651. The van der Waals surface area contributed by atoms with E-state index < -0.39 is 0 Å². The van der Waals surface area contributed by atoms with Crippen molar-refractivity contribution in [3.8, 4) is 11.5 Å². The van der Waals surface area contributed by atoms with Crippen LogP contribution < -0.4 is 9.47 Å². The number of likely N-dealkylation sites (tertiary alicyclic amines) is 1. The molecule has 6 nitrogen and oxygen atoms in total. The largest absolute Gasteiger partial charge is 0.490 e. The lowest BCUT2D eigenvalue weighted by Gasteiger charge is -2.35. The van der Waals surface area contributed by atoms with Gasteiger partial charge in [-0.1, -0.05) is 19.9 Å². The van der Waals surface area contributed by atoms with Crippen molar-refractivity contribution in [2.75, 3.05) is 59.0 Å². The van der Waals surface area contributed by atoms with Crippen LogP contribution in [0.25, 0.3) is 0 Å². The maximum absolute atomic E-state index is 12.4. The molecular weight excluding hydrogens is 366 g/mol. The highest BCUT2D eigenvalue weighted by Crippen LogP contribution is 2.29. The van der Waals surface area contributed by atoms with Crippen LogP contribution >= 0.6 is 0 Å². The number of benzene rings is 1. The fourth-order valence-electron chi connectivity index (χ4n) is 3.92. The van der Waals surface area contributed by atoms with E-state index in [1.54, 1.807) is 0 Å². The van der Waals surface area contributed by atoms with Crippen molar-refractivity contribution in [1.29, 1.82) is 0 Å². The second kappa shape index (κ2) is 10.8. The Kier molecular flexibility index (Phi) is 8.19. The van der Waals surface area contributed by atoms with Gasteiger partial charge >= 0.3 is 0 Å². The zero-order valence-corrected chi connectivity index (χ0v) is 18.4. The standard InChI is InChI=1S/C23H37N3O3/c1-4-28-22-15-20(7-8-21(22)29-18-19(2)3)16-24-11-13-25(14-12-24)17-23(27)26-9-5-6-10-26/h7-8,15,19H,4-6,9-14,16-18H2,1-3H3. The predicted molar refractivity (Wildman–Crippen MR) is 115 cm³/mol. The zero-order chi connectivity index (χ0) is 20.6. The molecule has 1 aromatic carbocycles. The molecular formula is C23H37N3O3. The Hall–Kier alpha value is -1.79. The lowest BCUT2D eigenvalue weighted by atomic mass is 10.1. The van der Waals surface area contributed by atoms with Crippen LogP contribution in [0.3, 0.4) is 0 Å². The molecule has 0 radical (unpaired) electrons. The van der Waals surface area contributed by atoms with Gasteiger partial charge in [-0.15, -0.1) is 0 Å². The molecule has 29 heavy (non-hydrogen) atoms. The Morgan fingerprint density at radius 3 is 2.31 bits per heavy atom. The monoisotopic (exact) mass is 403 g/mol. The molecule has 2 aliphatic heterocycles. The summed E-state index contributed by atoms with van der Waals surface area (Å²) in [5.41, 5.74) is 1.24. The predicted octanol–water partition coefficient (Wildman–Crippen LogP) is 2.86. The van der Waals surface area contributed by atoms with Crippen molar-refractivity contribution in [2.45, 2.75) is 40.2 Å². The van der Waals surface area contributed by atoms with E-state index in [0.717, 1.165) is 70.2 Å². The second-order valence-electron chi connectivity index (χ2n) is 8.56. The lowest BCUT2D eigenvalue weighted by Crippen LogP contribution is -2.49. The third kappa shape index (κ3) is 6.61. The molecule has 2 saturated heterocycles. The number of hydrogen-bond acceptors (Lipinski definition) is 5.